The van der Waals surface area contributed by atoms with Gasteiger partial charge >= 0.3 is 0 Å². The first kappa shape index (κ1) is 33.3. The first-order chi connectivity index (χ1) is 29.2. The Labute approximate surface area is 341 Å². The lowest BCUT2D eigenvalue weighted by Gasteiger charge is -2.16. The zero-order valence-electron chi connectivity index (χ0n) is 32.0. The van der Waals surface area contributed by atoms with Crippen molar-refractivity contribution in [3.8, 4) is 50.6 Å². The van der Waals surface area contributed by atoms with E-state index < -0.39 is 0 Å². The predicted molar refractivity (Wildman–Crippen MR) is 248 cm³/mol. The lowest BCUT2D eigenvalue weighted by Crippen LogP contribution is -1.98. The third-order valence-electron chi connectivity index (χ3n) is 11.9. The summed E-state index contributed by atoms with van der Waals surface area (Å²) in [6, 6.07) is 76.3. The molecular weight excluding hydrogens is 715 g/mol. The molecule has 0 fully saturated rings. The van der Waals surface area contributed by atoms with Crippen LogP contribution in [0.2, 0.25) is 0 Å². The largest absolute Gasteiger partial charge is 0.309 e. The Kier molecular flexibility index (Phi) is 7.54. The van der Waals surface area contributed by atoms with Gasteiger partial charge in [-0.05, 0) is 115 Å². The molecule has 0 unspecified atom stereocenters. The summed E-state index contributed by atoms with van der Waals surface area (Å²) >= 11 is 0. The van der Waals surface area contributed by atoms with Crippen LogP contribution >= 0.6 is 0 Å². The van der Waals surface area contributed by atoms with Crippen molar-refractivity contribution in [1.29, 1.82) is 0 Å². The molecule has 0 saturated carbocycles. The fourth-order valence-electron chi connectivity index (χ4n) is 9.09. The number of para-hydroxylation sites is 1. The lowest BCUT2D eigenvalue weighted by atomic mass is 9.91. The summed E-state index contributed by atoms with van der Waals surface area (Å²) in [5.74, 6) is 0.692. The zero-order chi connectivity index (χ0) is 38.9. The molecule has 0 radical (unpaired) electrons. The molecule has 0 bridgehead atoms. The third-order valence-corrected chi connectivity index (χ3v) is 11.9. The number of benzene rings is 10. The Morgan fingerprint density at radius 3 is 1.66 bits per heavy atom. The van der Waals surface area contributed by atoms with E-state index in [9.17, 15) is 0 Å². The average Bonchev–Trinajstić information content (AvgIpc) is 3.63. The van der Waals surface area contributed by atoms with E-state index in [1.165, 1.54) is 54.1 Å². The van der Waals surface area contributed by atoms with Crippen LogP contribution in [0.15, 0.2) is 212 Å². The van der Waals surface area contributed by atoms with Crippen LogP contribution in [-0.2, 0) is 0 Å². The van der Waals surface area contributed by atoms with E-state index in [0.717, 1.165) is 55.7 Å². The van der Waals surface area contributed by atoms with E-state index in [1.54, 1.807) is 0 Å². The normalized spacial score (nSPS) is 11.7. The fourth-order valence-corrected chi connectivity index (χ4v) is 9.09. The molecule has 2 heterocycles. The topological polar surface area (TPSA) is 30.7 Å². The summed E-state index contributed by atoms with van der Waals surface area (Å²) in [4.78, 5) is 10.8. The number of hydrogen-bond donors (Lipinski definition) is 0. The molecule has 12 rings (SSSR count). The van der Waals surface area contributed by atoms with Gasteiger partial charge in [0.05, 0.1) is 22.2 Å². The molecule has 0 saturated heterocycles. The van der Waals surface area contributed by atoms with Gasteiger partial charge in [-0.15, -0.1) is 0 Å². The molecular formula is C56H35N3. The first-order valence-electron chi connectivity index (χ1n) is 20.1. The van der Waals surface area contributed by atoms with E-state index in [1.807, 2.05) is 0 Å². The Hall–Kier alpha value is -7.88. The van der Waals surface area contributed by atoms with Crippen molar-refractivity contribution in [3.05, 3.63) is 212 Å². The van der Waals surface area contributed by atoms with Crippen molar-refractivity contribution >= 4 is 65.0 Å². The van der Waals surface area contributed by atoms with Gasteiger partial charge in [-0.25, -0.2) is 9.97 Å². The van der Waals surface area contributed by atoms with Gasteiger partial charge in [-0.1, -0.05) is 152 Å². The number of aromatic nitrogens is 3. The van der Waals surface area contributed by atoms with Crippen molar-refractivity contribution in [2.45, 2.75) is 0 Å². The van der Waals surface area contributed by atoms with Crippen LogP contribution in [0.3, 0.4) is 0 Å². The quantitative estimate of drug-likeness (QED) is 0.164. The van der Waals surface area contributed by atoms with Gasteiger partial charge in [0.15, 0.2) is 5.82 Å². The molecule has 2 aromatic heterocycles. The van der Waals surface area contributed by atoms with Crippen molar-refractivity contribution in [1.82, 2.24) is 14.5 Å². The van der Waals surface area contributed by atoms with E-state index in [-0.39, 0.29) is 0 Å². The van der Waals surface area contributed by atoms with Crippen molar-refractivity contribution in [2.75, 3.05) is 0 Å². The molecule has 3 nitrogen and oxygen atoms in total. The van der Waals surface area contributed by atoms with Crippen LogP contribution < -0.4 is 0 Å². The molecule has 274 valence electrons. The van der Waals surface area contributed by atoms with Crippen molar-refractivity contribution in [2.24, 2.45) is 0 Å². The molecule has 3 heteroatoms. The standard InChI is InChI=1S/C56H35N3/c1-3-13-36(14-4-1)48-34-51-52(35-49(48)37-15-5-2-6-16-37)57-56(58-55(51)43-27-30-46-42(31-43)24-23-38-17-9-10-20-45(38)46)39-25-28-44(29-26-39)59-53-22-12-11-21-47(53)50-32-40-18-7-8-19-41(40)33-54(50)59/h1-35H. The average molecular weight is 750 g/mol. The molecule has 12 aromatic rings. The molecule has 0 aliphatic carbocycles. The van der Waals surface area contributed by atoms with Crippen LogP contribution in [-0.4, -0.2) is 14.5 Å². The summed E-state index contributed by atoms with van der Waals surface area (Å²) in [5.41, 5.74) is 11.9. The summed E-state index contributed by atoms with van der Waals surface area (Å²) in [5, 5.41) is 10.9. The minimum atomic E-state index is 0.692. The predicted octanol–water partition coefficient (Wildman–Crippen LogP) is 14.9. The second kappa shape index (κ2) is 13.4. The van der Waals surface area contributed by atoms with E-state index >= 15 is 0 Å². The second-order valence-electron chi connectivity index (χ2n) is 15.4. The Balaban J connectivity index is 1.07. The Morgan fingerprint density at radius 1 is 0.305 bits per heavy atom. The Bertz CT molecular complexity index is 3590. The minimum absolute atomic E-state index is 0.692. The second-order valence-corrected chi connectivity index (χ2v) is 15.4. The molecule has 0 atom stereocenters. The van der Waals surface area contributed by atoms with Gasteiger partial charge in [0, 0.05) is 33.0 Å². The highest BCUT2D eigenvalue weighted by Crippen LogP contribution is 2.41. The van der Waals surface area contributed by atoms with Crippen LogP contribution in [0.4, 0.5) is 0 Å². The van der Waals surface area contributed by atoms with E-state index in [4.69, 9.17) is 9.97 Å². The van der Waals surface area contributed by atoms with E-state index in [2.05, 4.69) is 217 Å². The first-order valence-corrected chi connectivity index (χ1v) is 20.1. The molecule has 0 aliphatic rings. The molecule has 0 aliphatic heterocycles. The molecule has 59 heavy (non-hydrogen) atoms. The lowest BCUT2D eigenvalue weighted by molar-refractivity contribution is 1.17. The summed E-state index contributed by atoms with van der Waals surface area (Å²) in [7, 11) is 0. The van der Waals surface area contributed by atoms with E-state index in [0.29, 0.717) is 5.82 Å². The maximum absolute atomic E-state index is 5.46. The summed E-state index contributed by atoms with van der Waals surface area (Å²) in [6.45, 7) is 0. The fraction of sp³-hybridized carbons (Fsp3) is 0. The Morgan fingerprint density at radius 2 is 0.898 bits per heavy atom. The number of rotatable bonds is 5. The van der Waals surface area contributed by atoms with Gasteiger partial charge in [-0.2, -0.15) is 0 Å². The third kappa shape index (κ3) is 5.51. The number of hydrogen-bond acceptors (Lipinski definition) is 2. The molecule has 0 N–H and O–H groups in total. The summed E-state index contributed by atoms with van der Waals surface area (Å²) < 4.78 is 2.38. The van der Waals surface area contributed by atoms with Crippen molar-refractivity contribution in [3.63, 3.8) is 0 Å². The highest BCUT2D eigenvalue weighted by Gasteiger charge is 2.19. The van der Waals surface area contributed by atoms with Crippen LogP contribution in [0.1, 0.15) is 0 Å². The van der Waals surface area contributed by atoms with Gasteiger partial charge in [0.1, 0.15) is 0 Å². The van der Waals surface area contributed by atoms with Gasteiger partial charge < -0.3 is 4.57 Å². The van der Waals surface area contributed by atoms with Crippen LogP contribution in [0.25, 0.3) is 116 Å². The molecule has 10 aromatic carbocycles. The molecule has 0 spiro atoms. The highest BCUT2D eigenvalue weighted by atomic mass is 15.0. The summed E-state index contributed by atoms with van der Waals surface area (Å²) in [6.07, 6.45) is 0. The maximum Gasteiger partial charge on any atom is 0.160 e. The van der Waals surface area contributed by atoms with Gasteiger partial charge in [-0.3, -0.25) is 0 Å². The zero-order valence-corrected chi connectivity index (χ0v) is 32.0. The molecule has 0 amide bonds. The number of fused-ring (bicyclic) bond motifs is 8. The van der Waals surface area contributed by atoms with Crippen molar-refractivity contribution < 1.29 is 0 Å². The number of nitrogens with zero attached hydrogens (tertiary/aromatic N) is 3. The monoisotopic (exact) mass is 749 g/mol. The highest BCUT2D eigenvalue weighted by molar-refractivity contribution is 6.14. The smallest absolute Gasteiger partial charge is 0.160 e. The maximum atomic E-state index is 5.46. The van der Waals surface area contributed by atoms with Gasteiger partial charge in [0.2, 0.25) is 0 Å². The minimum Gasteiger partial charge on any atom is -0.309 e. The SMILES string of the molecule is c1ccc(-c2cc3nc(-c4ccc(-n5c6ccccc6c6cc7ccccc7cc65)cc4)nc(-c4ccc5c(ccc6ccccc65)c4)c3cc2-c2ccccc2)cc1. The van der Waals surface area contributed by atoms with Crippen LogP contribution in [0.5, 0.6) is 0 Å². The van der Waals surface area contributed by atoms with Crippen LogP contribution in [0, 0.1) is 0 Å². The van der Waals surface area contributed by atoms with Gasteiger partial charge in [0.25, 0.3) is 0 Å².